The van der Waals surface area contributed by atoms with E-state index < -0.39 is 0 Å². The zero-order valence-electron chi connectivity index (χ0n) is 10.7. The Morgan fingerprint density at radius 2 is 2.30 bits per heavy atom. The van der Waals surface area contributed by atoms with E-state index in [4.69, 9.17) is 20.8 Å². The Balaban J connectivity index is 1.77. The smallest absolute Gasteiger partial charge is 0.227 e. The fourth-order valence-corrected chi connectivity index (χ4v) is 2.50. The monoisotopic (exact) mass is 306 g/mol. The van der Waals surface area contributed by atoms with Gasteiger partial charge in [-0.2, -0.15) is 11.3 Å². The Bertz CT molecular complexity index is 710. The maximum absolute atomic E-state index is 5.94. The van der Waals surface area contributed by atoms with Gasteiger partial charge in [-0.3, -0.25) is 0 Å². The summed E-state index contributed by atoms with van der Waals surface area (Å²) in [5.74, 6) is 1.89. The van der Waals surface area contributed by atoms with Gasteiger partial charge in [0.2, 0.25) is 5.89 Å². The Morgan fingerprint density at radius 1 is 1.40 bits per heavy atom. The van der Waals surface area contributed by atoms with Gasteiger partial charge < -0.3 is 9.15 Å². The lowest BCUT2D eigenvalue weighted by molar-refractivity contribution is 0.298. The first-order valence-electron chi connectivity index (χ1n) is 5.96. The molecule has 3 aromatic heterocycles. The van der Waals surface area contributed by atoms with E-state index in [1.54, 1.807) is 29.7 Å². The van der Waals surface area contributed by atoms with Crippen molar-refractivity contribution in [1.82, 2.24) is 9.97 Å². The number of thiophene rings is 1. The second kappa shape index (κ2) is 5.64. The van der Waals surface area contributed by atoms with Crippen molar-refractivity contribution >= 4 is 22.9 Å². The summed E-state index contributed by atoms with van der Waals surface area (Å²) < 4.78 is 11.3. The molecule has 3 heterocycles. The molecule has 6 heteroatoms. The van der Waals surface area contributed by atoms with Crippen molar-refractivity contribution < 1.29 is 9.15 Å². The van der Waals surface area contributed by atoms with Gasteiger partial charge in [-0.05, 0) is 30.5 Å². The number of pyridine rings is 1. The van der Waals surface area contributed by atoms with E-state index in [1.807, 2.05) is 23.8 Å². The van der Waals surface area contributed by atoms with Crippen LogP contribution in [-0.4, -0.2) is 9.97 Å². The van der Waals surface area contributed by atoms with E-state index in [9.17, 15) is 0 Å². The summed E-state index contributed by atoms with van der Waals surface area (Å²) in [7, 11) is 0. The van der Waals surface area contributed by atoms with E-state index in [0.717, 1.165) is 17.0 Å². The van der Waals surface area contributed by atoms with Crippen molar-refractivity contribution in [3.05, 3.63) is 51.8 Å². The van der Waals surface area contributed by atoms with Crippen molar-refractivity contribution in [3.63, 3.8) is 0 Å². The summed E-state index contributed by atoms with van der Waals surface area (Å²) in [6.07, 6.45) is 1.62. The molecule has 4 nitrogen and oxygen atoms in total. The van der Waals surface area contributed by atoms with Crippen LogP contribution >= 0.6 is 22.9 Å². The van der Waals surface area contributed by atoms with Gasteiger partial charge in [0.1, 0.15) is 18.1 Å². The topological polar surface area (TPSA) is 48.2 Å². The molecule has 20 heavy (non-hydrogen) atoms. The number of halogens is 1. The van der Waals surface area contributed by atoms with Crippen LogP contribution in [0.3, 0.4) is 0 Å². The zero-order valence-corrected chi connectivity index (χ0v) is 12.2. The van der Waals surface area contributed by atoms with E-state index in [1.165, 1.54) is 0 Å². The van der Waals surface area contributed by atoms with Crippen LogP contribution in [0.5, 0.6) is 5.75 Å². The fraction of sp³-hybridized carbons (Fsp3) is 0.143. The third-order valence-electron chi connectivity index (χ3n) is 2.75. The van der Waals surface area contributed by atoms with Crippen LogP contribution in [0.25, 0.3) is 11.5 Å². The maximum atomic E-state index is 5.94. The van der Waals surface area contributed by atoms with Gasteiger partial charge in [0.25, 0.3) is 0 Å². The summed E-state index contributed by atoms with van der Waals surface area (Å²) in [6, 6.07) is 5.51. The van der Waals surface area contributed by atoms with Crippen LogP contribution in [0.4, 0.5) is 0 Å². The number of oxazole rings is 1. The molecule has 0 saturated carbocycles. The van der Waals surface area contributed by atoms with Crippen LogP contribution < -0.4 is 4.74 Å². The van der Waals surface area contributed by atoms with E-state index in [-0.39, 0.29) is 0 Å². The number of aryl methyl sites for hydroxylation is 1. The normalized spacial score (nSPS) is 10.7. The summed E-state index contributed by atoms with van der Waals surface area (Å²) in [6.45, 7) is 2.16. The largest absolute Gasteiger partial charge is 0.484 e. The third kappa shape index (κ3) is 2.69. The third-order valence-corrected chi connectivity index (χ3v) is 3.72. The van der Waals surface area contributed by atoms with Gasteiger partial charge in [0, 0.05) is 17.1 Å². The molecule has 0 atom stereocenters. The Kier molecular flexibility index (Phi) is 3.71. The standard InChI is InChI=1S/C14H11ClN2O2S/c1-9-11(7-18-12-3-2-5-16-13(12)15)17-14(19-9)10-4-6-20-8-10/h2-6,8H,7H2,1H3. The highest BCUT2D eigenvalue weighted by Crippen LogP contribution is 2.26. The van der Waals surface area contributed by atoms with Gasteiger partial charge in [-0.15, -0.1) is 0 Å². The summed E-state index contributed by atoms with van der Waals surface area (Å²) in [4.78, 5) is 8.41. The zero-order chi connectivity index (χ0) is 13.9. The molecular weight excluding hydrogens is 296 g/mol. The van der Waals surface area contributed by atoms with Crippen LogP contribution in [0.1, 0.15) is 11.5 Å². The van der Waals surface area contributed by atoms with Gasteiger partial charge in [0.05, 0.1) is 0 Å². The number of nitrogens with zero attached hydrogens (tertiary/aromatic N) is 2. The summed E-state index contributed by atoms with van der Waals surface area (Å²) in [5.41, 5.74) is 1.73. The molecule has 0 amide bonds. The van der Waals surface area contributed by atoms with Crippen molar-refractivity contribution in [3.8, 4) is 17.2 Å². The quantitative estimate of drug-likeness (QED) is 0.673. The maximum Gasteiger partial charge on any atom is 0.227 e. The van der Waals surface area contributed by atoms with Gasteiger partial charge in [0.15, 0.2) is 10.9 Å². The minimum absolute atomic E-state index is 0.297. The minimum atomic E-state index is 0.297. The average molecular weight is 307 g/mol. The molecule has 0 aliphatic heterocycles. The Hall–Kier alpha value is -1.85. The van der Waals surface area contributed by atoms with E-state index in [2.05, 4.69) is 9.97 Å². The molecule has 0 spiro atoms. The van der Waals surface area contributed by atoms with Crippen LogP contribution in [-0.2, 0) is 6.61 Å². The molecule has 102 valence electrons. The first-order chi connectivity index (χ1) is 9.74. The number of hydrogen-bond acceptors (Lipinski definition) is 5. The molecule has 0 aliphatic carbocycles. The van der Waals surface area contributed by atoms with Crippen LogP contribution in [0, 0.1) is 6.92 Å². The predicted octanol–water partition coefficient (Wildman–Crippen LogP) is 4.34. The Morgan fingerprint density at radius 3 is 3.05 bits per heavy atom. The average Bonchev–Trinajstić information content (AvgIpc) is 3.07. The Labute approximate surface area is 125 Å². The molecule has 0 aliphatic rings. The lowest BCUT2D eigenvalue weighted by atomic mass is 10.3. The predicted molar refractivity (Wildman–Crippen MR) is 78.1 cm³/mol. The molecule has 0 unspecified atom stereocenters. The fourth-order valence-electron chi connectivity index (χ4n) is 1.70. The van der Waals surface area contributed by atoms with Crippen molar-refractivity contribution in [1.29, 1.82) is 0 Å². The molecular formula is C14H11ClN2O2S. The van der Waals surface area contributed by atoms with Crippen molar-refractivity contribution in [2.24, 2.45) is 0 Å². The second-order valence-corrected chi connectivity index (χ2v) is 5.25. The molecule has 0 radical (unpaired) electrons. The molecule has 3 rings (SSSR count). The first-order valence-corrected chi connectivity index (χ1v) is 7.28. The van der Waals surface area contributed by atoms with Gasteiger partial charge in [-0.1, -0.05) is 11.6 Å². The first kappa shape index (κ1) is 13.1. The highest BCUT2D eigenvalue weighted by atomic mass is 35.5. The van der Waals surface area contributed by atoms with E-state index >= 15 is 0 Å². The molecule has 0 fully saturated rings. The highest BCUT2D eigenvalue weighted by molar-refractivity contribution is 7.08. The number of ether oxygens (including phenoxy) is 1. The molecule has 0 saturated heterocycles. The summed E-state index contributed by atoms with van der Waals surface area (Å²) in [5, 5.41) is 4.32. The number of hydrogen-bond donors (Lipinski definition) is 0. The summed E-state index contributed by atoms with van der Waals surface area (Å²) >= 11 is 7.54. The number of rotatable bonds is 4. The second-order valence-electron chi connectivity index (χ2n) is 4.11. The molecule has 0 aromatic carbocycles. The minimum Gasteiger partial charge on any atom is -0.484 e. The lowest BCUT2D eigenvalue weighted by Crippen LogP contribution is -1.98. The van der Waals surface area contributed by atoms with Gasteiger partial charge in [-0.25, -0.2) is 9.97 Å². The SMILES string of the molecule is Cc1oc(-c2ccsc2)nc1COc1cccnc1Cl. The van der Waals surface area contributed by atoms with Crippen molar-refractivity contribution in [2.75, 3.05) is 0 Å². The van der Waals surface area contributed by atoms with Crippen LogP contribution in [0.15, 0.2) is 39.6 Å². The highest BCUT2D eigenvalue weighted by Gasteiger charge is 2.13. The van der Waals surface area contributed by atoms with Gasteiger partial charge >= 0.3 is 0 Å². The molecule has 0 N–H and O–H groups in total. The number of aromatic nitrogens is 2. The van der Waals surface area contributed by atoms with Crippen molar-refractivity contribution in [2.45, 2.75) is 13.5 Å². The molecule has 3 aromatic rings. The molecule has 0 bridgehead atoms. The van der Waals surface area contributed by atoms with E-state index in [0.29, 0.717) is 23.4 Å². The van der Waals surface area contributed by atoms with Crippen LogP contribution in [0.2, 0.25) is 5.15 Å². The lowest BCUT2D eigenvalue weighted by Gasteiger charge is -2.04.